The topological polar surface area (TPSA) is 106 Å². The molecule has 0 unspecified atom stereocenters. The number of nitrogens with zero attached hydrogens (tertiary/aromatic N) is 3. The molecule has 0 aliphatic carbocycles. The van der Waals surface area contributed by atoms with Gasteiger partial charge in [-0.1, -0.05) is 45.9 Å². The molecule has 0 atom stereocenters. The van der Waals surface area contributed by atoms with Crippen LogP contribution in [0.2, 0.25) is 0 Å². The molecule has 8 nitrogen and oxygen atoms in total. The van der Waals surface area contributed by atoms with Gasteiger partial charge in [0.2, 0.25) is 11.8 Å². The van der Waals surface area contributed by atoms with E-state index in [0.29, 0.717) is 11.4 Å². The first-order valence-electron chi connectivity index (χ1n) is 9.09. The van der Waals surface area contributed by atoms with Gasteiger partial charge in [0.25, 0.3) is 5.56 Å². The van der Waals surface area contributed by atoms with Crippen molar-refractivity contribution in [3.05, 3.63) is 85.5 Å². The molecule has 0 saturated carbocycles. The monoisotopic (exact) mass is 502 g/mol. The molecule has 0 spiro atoms. The Kier molecular flexibility index (Phi) is 7.13. The molecule has 0 aliphatic rings. The number of rotatable bonds is 5. The highest BCUT2D eigenvalue weighted by Gasteiger charge is 2.21. The van der Waals surface area contributed by atoms with Crippen molar-refractivity contribution >= 4 is 50.0 Å². The van der Waals surface area contributed by atoms with E-state index < -0.39 is 17.1 Å². The fraction of sp³-hybridized carbons (Fsp3) is 0.143. The number of anilines is 1. The fourth-order valence-electron chi connectivity index (χ4n) is 2.66. The Bertz CT molecular complexity index is 1250. The molecule has 1 amide bonds. The molecular formula is C21H19BrN4O4S. The highest BCUT2D eigenvalue weighted by Crippen LogP contribution is 2.23. The highest BCUT2D eigenvalue weighted by molar-refractivity contribution is 9.10. The van der Waals surface area contributed by atoms with Gasteiger partial charge >= 0.3 is 5.69 Å². The van der Waals surface area contributed by atoms with Gasteiger partial charge in [-0.05, 0) is 36.4 Å². The lowest BCUT2D eigenvalue weighted by molar-refractivity contribution is -0.113. The lowest BCUT2D eigenvalue weighted by Crippen LogP contribution is -2.39. The Morgan fingerprint density at radius 1 is 1.06 bits per heavy atom. The van der Waals surface area contributed by atoms with Crippen molar-refractivity contribution in [3.8, 4) is 5.88 Å². The fourth-order valence-corrected chi connectivity index (χ4v) is 3.76. The summed E-state index contributed by atoms with van der Waals surface area (Å²) in [7, 11) is 2.67. The average molecular weight is 503 g/mol. The number of aromatic hydroxyl groups is 1. The third kappa shape index (κ3) is 5.33. The SMILES string of the molecule is Cn1c(O)c(C(=Nc2ccccc2)SCC(=O)Nc2ccc(Br)cc2)c(=O)n(C)c1=O. The number of aromatic nitrogens is 2. The molecule has 3 aromatic rings. The van der Waals surface area contributed by atoms with Crippen LogP contribution in [-0.4, -0.2) is 30.9 Å². The van der Waals surface area contributed by atoms with Crippen molar-refractivity contribution in [1.29, 1.82) is 0 Å². The molecule has 2 aromatic carbocycles. The molecule has 160 valence electrons. The zero-order valence-electron chi connectivity index (χ0n) is 16.7. The smallest absolute Gasteiger partial charge is 0.333 e. The van der Waals surface area contributed by atoms with E-state index in [-0.39, 0.29) is 22.3 Å². The van der Waals surface area contributed by atoms with E-state index >= 15 is 0 Å². The second-order valence-corrected chi connectivity index (χ2v) is 8.38. The van der Waals surface area contributed by atoms with Gasteiger partial charge < -0.3 is 10.4 Å². The van der Waals surface area contributed by atoms with Crippen LogP contribution in [0.5, 0.6) is 5.88 Å². The number of amides is 1. The van der Waals surface area contributed by atoms with E-state index in [1.165, 1.54) is 14.1 Å². The molecule has 0 fully saturated rings. The number of aliphatic imine (C=N–C) groups is 1. The van der Waals surface area contributed by atoms with Gasteiger partial charge in [0.15, 0.2) is 0 Å². The number of nitrogens with one attached hydrogen (secondary N) is 1. The molecule has 0 aliphatic heterocycles. The van der Waals surface area contributed by atoms with Crippen molar-refractivity contribution in [2.45, 2.75) is 0 Å². The van der Waals surface area contributed by atoms with Gasteiger partial charge in [-0.15, -0.1) is 0 Å². The maximum Gasteiger partial charge on any atom is 0.333 e. The summed E-state index contributed by atoms with van der Waals surface area (Å²) in [4.78, 5) is 41.7. The van der Waals surface area contributed by atoms with Crippen molar-refractivity contribution in [2.24, 2.45) is 19.1 Å². The number of carbonyl (C=O) groups excluding carboxylic acids is 1. The van der Waals surface area contributed by atoms with E-state index in [9.17, 15) is 19.5 Å². The van der Waals surface area contributed by atoms with E-state index in [2.05, 4.69) is 26.2 Å². The van der Waals surface area contributed by atoms with Crippen molar-refractivity contribution < 1.29 is 9.90 Å². The molecule has 31 heavy (non-hydrogen) atoms. The minimum absolute atomic E-state index is 0.0623. The summed E-state index contributed by atoms with van der Waals surface area (Å²) < 4.78 is 2.73. The third-order valence-electron chi connectivity index (χ3n) is 4.30. The van der Waals surface area contributed by atoms with Gasteiger partial charge in [-0.2, -0.15) is 0 Å². The van der Waals surface area contributed by atoms with Crippen molar-refractivity contribution in [3.63, 3.8) is 0 Å². The lowest BCUT2D eigenvalue weighted by atomic mass is 10.3. The largest absolute Gasteiger partial charge is 0.494 e. The van der Waals surface area contributed by atoms with Gasteiger partial charge in [0, 0.05) is 24.3 Å². The van der Waals surface area contributed by atoms with Crippen LogP contribution in [0.4, 0.5) is 11.4 Å². The summed E-state index contributed by atoms with van der Waals surface area (Å²) in [6.45, 7) is 0. The van der Waals surface area contributed by atoms with Crippen LogP contribution in [-0.2, 0) is 18.9 Å². The van der Waals surface area contributed by atoms with Gasteiger partial charge in [-0.3, -0.25) is 18.7 Å². The van der Waals surface area contributed by atoms with Gasteiger partial charge in [0.1, 0.15) is 10.6 Å². The Hall–Kier alpha value is -3.11. The van der Waals surface area contributed by atoms with Crippen LogP contribution in [0.25, 0.3) is 0 Å². The first kappa shape index (κ1) is 22.6. The second kappa shape index (κ2) is 9.80. The number of thioether (sulfide) groups is 1. The zero-order valence-corrected chi connectivity index (χ0v) is 19.1. The number of carbonyl (C=O) groups is 1. The Morgan fingerprint density at radius 2 is 1.71 bits per heavy atom. The molecule has 0 bridgehead atoms. The predicted molar refractivity (Wildman–Crippen MR) is 126 cm³/mol. The second-order valence-electron chi connectivity index (χ2n) is 6.50. The summed E-state index contributed by atoms with van der Waals surface area (Å²) >= 11 is 4.33. The molecule has 1 heterocycles. The van der Waals surface area contributed by atoms with Crippen molar-refractivity contribution in [1.82, 2.24) is 9.13 Å². The molecule has 0 saturated heterocycles. The van der Waals surface area contributed by atoms with Crippen LogP contribution in [0.15, 0.2) is 73.7 Å². The Morgan fingerprint density at radius 3 is 2.35 bits per heavy atom. The van der Waals surface area contributed by atoms with E-state index in [4.69, 9.17) is 0 Å². The number of hydrogen-bond acceptors (Lipinski definition) is 6. The summed E-state index contributed by atoms with van der Waals surface area (Å²) in [5.41, 5.74) is -0.348. The number of halogens is 1. The lowest BCUT2D eigenvalue weighted by Gasteiger charge is -2.12. The van der Waals surface area contributed by atoms with Crippen LogP contribution >= 0.6 is 27.7 Å². The van der Waals surface area contributed by atoms with Crippen LogP contribution in [0.3, 0.4) is 0 Å². The molecule has 3 rings (SSSR count). The number of benzene rings is 2. The minimum atomic E-state index is -0.698. The Balaban J connectivity index is 1.95. The van der Waals surface area contributed by atoms with Gasteiger partial charge in [-0.25, -0.2) is 9.79 Å². The standard InChI is InChI=1S/C21H19BrN4O4S/c1-25-19(28)17(20(29)26(2)21(25)30)18(24-14-6-4-3-5-7-14)31-12-16(27)23-15-10-8-13(22)9-11-15/h3-11,28H,12H2,1-2H3,(H,23,27). The molecule has 1 aromatic heterocycles. The summed E-state index contributed by atoms with van der Waals surface area (Å²) in [6, 6.07) is 15.9. The maximum atomic E-state index is 12.8. The van der Waals surface area contributed by atoms with Crippen LogP contribution in [0.1, 0.15) is 5.56 Å². The normalized spacial score (nSPS) is 11.4. The molecular weight excluding hydrogens is 484 g/mol. The third-order valence-corrected chi connectivity index (χ3v) is 5.81. The summed E-state index contributed by atoms with van der Waals surface area (Å²) in [6.07, 6.45) is 0. The van der Waals surface area contributed by atoms with Crippen molar-refractivity contribution in [2.75, 3.05) is 11.1 Å². The van der Waals surface area contributed by atoms with E-state index in [1.54, 1.807) is 48.5 Å². The average Bonchev–Trinajstić information content (AvgIpc) is 2.77. The molecule has 0 radical (unpaired) electrons. The number of para-hydroxylation sites is 1. The summed E-state index contributed by atoms with van der Waals surface area (Å²) in [5.74, 6) is -0.884. The molecule has 2 N–H and O–H groups in total. The van der Waals surface area contributed by atoms with E-state index in [0.717, 1.165) is 25.4 Å². The first-order valence-corrected chi connectivity index (χ1v) is 10.9. The quantitative estimate of drug-likeness (QED) is 0.412. The number of hydrogen-bond donors (Lipinski definition) is 2. The molecule has 10 heteroatoms. The minimum Gasteiger partial charge on any atom is -0.494 e. The van der Waals surface area contributed by atoms with Crippen LogP contribution in [0, 0.1) is 0 Å². The Labute approximate surface area is 190 Å². The summed E-state index contributed by atoms with van der Waals surface area (Å²) in [5, 5.41) is 13.4. The van der Waals surface area contributed by atoms with Crippen LogP contribution < -0.4 is 16.6 Å². The zero-order chi connectivity index (χ0) is 22.5. The highest BCUT2D eigenvalue weighted by atomic mass is 79.9. The van der Waals surface area contributed by atoms with E-state index in [1.807, 2.05) is 6.07 Å². The maximum absolute atomic E-state index is 12.8. The predicted octanol–water partition coefficient (Wildman–Crippen LogP) is 3.00. The van der Waals surface area contributed by atoms with Gasteiger partial charge in [0.05, 0.1) is 11.4 Å². The first-order chi connectivity index (χ1) is 14.8.